The van der Waals surface area contributed by atoms with E-state index in [1.807, 2.05) is 0 Å². The standard InChI is InChI=1S/C15H15N3O4/c1-10-7-14(19)8-11(2)17(10)9-15(20)16-12-3-5-13(6-4-12)18(21)22/h3-8H,9H2,1-2H3,(H,16,20). The molecule has 1 heterocycles. The summed E-state index contributed by atoms with van der Waals surface area (Å²) in [4.78, 5) is 33.5. The average molecular weight is 301 g/mol. The van der Waals surface area contributed by atoms with Crippen molar-refractivity contribution in [1.82, 2.24) is 4.57 Å². The van der Waals surface area contributed by atoms with E-state index in [2.05, 4.69) is 5.32 Å². The first-order valence-electron chi connectivity index (χ1n) is 6.59. The van der Waals surface area contributed by atoms with Gasteiger partial charge in [0.1, 0.15) is 6.54 Å². The van der Waals surface area contributed by atoms with Gasteiger partial charge in [-0.05, 0) is 26.0 Å². The number of aromatic nitrogens is 1. The van der Waals surface area contributed by atoms with E-state index in [9.17, 15) is 19.7 Å². The molecule has 7 heteroatoms. The maximum Gasteiger partial charge on any atom is 0.269 e. The van der Waals surface area contributed by atoms with Gasteiger partial charge >= 0.3 is 0 Å². The number of anilines is 1. The van der Waals surface area contributed by atoms with Gasteiger partial charge in [-0.3, -0.25) is 19.7 Å². The maximum absolute atomic E-state index is 12.0. The molecule has 1 aromatic carbocycles. The molecular weight excluding hydrogens is 286 g/mol. The summed E-state index contributed by atoms with van der Waals surface area (Å²) in [6.07, 6.45) is 0. The molecule has 0 bridgehead atoms. The van der Waals surface area contributed by atoms with Gasteiger partial charge in [0.25, 0.3) is 5.69 Å². The Morgan fingerprint density at radius 2 is 1.73 bits per heavy atom. The number of amides is 1. The zero-order valence-corrected chi connectivity index (χ0v) is 12.2. The van der Waals surface area contributed by atoms with Crippen molar-refractivity contribution in [2.24, 2.45) is 0 Å². The molecule has 0 aliphatic heterocycles. The van der Waals surface area contributed by atoms with Gasteiger partial charge in [0.05, 0.1) is 4.92 Å². The number of carbonyl (C=O) groups is 1. The summed E-state index contributed by atoms with van der Waals surface area (Å²) in [5, 5.41) is 13.2. The van der Waals surface area contributed by atoms with Crippen LogP contribution in [0.4, 0.5) is 11.4 Å². The molecule has 2 aromatic rings. The highest BCUT2D eigenvalue weighted by molar-refractivity contribution is 5.90. The molecule has 0 saturated carbocycles. The Labute approximate surface area is 126 Å². The highest BCUT2D eigenvalue weighted by atomic mass is 16.6. The van der Waals surface area contributed by atoms with Gasteiger partial charge in [0, 0.05) is 41.3 Å². The minimum absolute atomic E-state index is 0.0369. The van der Waals surface area contributed by atoms with Crippen molar-refractivity contribution in [1.29, 1.82) is 0 Å². The van der Waals surface area contributed by atoms with Gasteiger partial charge in [-0.2, -0.15) is 0 Å². The second kappa shape index (κ2) is 6.21. The van der Waals surface area contributed by atoms with E-state index in [1.165, 1.54) is 36.4 Å². The van der Waals surface area contributed by atoms with E-state index < -0.39 is 4.92 Å². The Morgan fingerprint density at radius 3 is 2.23 bits per heavy atom. The molecule has 114 valence electrons. The van der Waals surface area contributed by atoms with Crippen LogP contribution >= 0.6 is 0 Å². The molecule has 0 aliphatic carbocycles. The summed E-state index contributed by atoms with van der Waals surface area (Å²) < 4.78 is 1.72. The summed E-state index contributed by atoms with van der Waals surface area (Å²) in [7, 11) is 0. The Hall–Kier alpha value is -2.96. The molecule has 0 saturated heterocycles. The maximum atomic E-state index is 12.0. The third kappa shape index (κ3) is 3.57. The van der Waals surface area contributed by atoms with Crippen molar-refractivity contribution >= 4 is 17.3 Å². The third-order valence-electron chi connectivity index (χ3n) is 3.22. The van der Waals surface area contributed by atoms with Crippen molar-refractivity contribution in [2.45, 2.75) is 20.4 Å². The third-order valence-corrected chi connectivity index (χ3v) is 3.22. The van der Waals surface area contributed by atoms with E-state index in [0.29, 0.717) is 17.1 Å². The predicted molar refractivity (Wildman–Crippen MR) is 81.9 cm³/mol. The molecule has 0 fully saturated rings. The number of nitrogens with one attached hydrogen (secondary N) is 1. The molecular formula is C15H15N3O4. The van der Waals surface area contributed by atoms with Crippen LogP contribution in [0.15, 0.2) is 41.2 Å². The number of nitro benzene ring substituents is 1. The monoisotopic (exact) mass is 301 g/mol. The van der Waals surface area contributed by atoms with E-state index >= 15 is 0 Å². The van der Waals surface area contributed by atoms with Crippen LogP contribution in [0.25, 0.3) is 0 Å². The summed E-state index contributed by atoms with van der Waals surface area (Å²) >= 11 is 0. The lowest BCUT2D eigenvalue weighted by molar-refractivity contribution is -0.384. The van der Waals surface area contributed by atoms with Crippen molar-refractivity contribution in [3.05, 3.63) is 68.1 Å². The van der Waals surface area contributed by atoms with Gasteiger partial charge in [-0.1, -0.05) is 0 Å². The van der Waals surface area contributed by atoms with Crippen LogP contribution in [-0.2, 0) is 11.3 Å². The van der Waals surface area contributed by atoms with E-state index in [-0.39, 0.29) is 23.6 Å². The van der Waals surface area contributed by atoms with Crippen LogP contribution in [0.1, 0.15) is 11.4 Å². The zero-order valence-electron chi connectivity index (χ0n) is 12.2. The number of pyridine rings is 1. The van der Waals surface area contributed by atoms with Crippen LogP contribution in [0.2, 0.25) is 0 Å². The summed E-state index contributed by atoms with van der Waals surface area (Å²) in [6, 6.07) is 8.53. The fourth-order valence-electron chi connectivity index (χ4n) is 2.15. The Balaban J connectivity index is 2.10. The summed E-state index contributed by atoms with van der Waals surface area (Å²) in [5.74, 6) is -0.274. The minimum Gasteiger partial charge on any atom is -0.340 e. The smallest absolute Gasteiger partial charge is 0.269 e. The fourth-order valence-corrected chi connectivity index (χ4v) is 2.15. The van der Waals surface area contributed by atoms with Crippen LogP contribution in [-0.4, -0.2) is 15.4 Å². The Kier molecular flexibility index (Phi) is 4.36. The minimum atomic E-state index is -0.501. The van der Waals surface area contributed by atoms with E-state index in [0.717, 1.165) is 0 Å². The lowest BCUT2D eigenvalue weighted by atomic mass is 10.2. The molecule has 0 atom stereocenters. The number of hydrogen-bond acceptors (Lipinski definition) is 4. The lowest BCUT2D eigenvalue weighted by Crippen LogP contribution is -2.23. The summed E-state index contributed by atoms with van der Waals surface area (Å²) in [6.45, 7) is 3.58. The molecule has 1 amide bonds. The SMILES string of the molecule is Cc1cc(=O)cc(C)n1CC(=O)Nc1ccc([N+](=O)[O-])cc1. The predicted octanol–water partition coefficient (Wildman–Crippen LogP) is 2.01. The first-order valence-corrected chi connectivity index (χ1v) is 6.59. The number of aryl methyl sites for hydroxylation is 2. The van der Waals surface area contributed by atoms with E-state index in [4.69, 9.17) is 0 Å². The van der Waals surface area contributed by atoms with Crippen molar-refractivity contribution in [2.75, 3.05) is 5.32 Å². The number of nitro groups is 1. The normalized spacial score (nSPS) is 10.3. The molecule has 1 N–H and O–H groups in total. The van der Waals surface area contributed by atoms with Crippen molar-refractivity contribution in [3.8, 4) is 0 Å². The topological polar surface area (TPSA) is 94.2 Å². The van der Waals surface area contributed by atoms with Crippen LogP contribution in [0.5, 0.6) is 0 Å². The van der Waals surface area contributed by atoms with Crippen molar-refractivity contribution < 1.29 is 9.72 Å². The van der Waals surface area contributed by atoms with Gasteiger partial charge in [0.2, 0.25) is 5.91 Å². The number of nitrogens with zero attached hydrogens (tertiary/aromatic N) is 2. The van der Waals surface area contributed by atoms with E-state index in [1.54, 1.807) is 18.4 Å². The van der Waals surface area contributed by atoms with Gasteiger partial charge in [0.15, 0.2) is 5.43 Å². The van der Waals surface area contributed by atoms with Crippen molar-refractivity contribution in [3.63, 3.8) is 0 Å². The quantitative estimate of drug-likeness (QED) is 0.690. The van der Waals surface area contributed by atoms with Gasteiger partial charge in [-0.15, -0.1) is 0 Å². The number of carbonyl (C=O) groups excluding carboxylic acids is 1. The Bertz CT molecular complexity index is 752. The van der Waals surface area contributed by atoms with Gasteiger partial charge < -0.3 is 9.88 Å². The number of rotatable bonds is 4. The second-order valence-corrected chi connectivity index (χ2v) is 4.91. The molecule has 7 nitrogen and oxygen atoms in total. The first-order chi connectivity index (χ1) is 10.4. The highest BCUT2D eigenvalue weighted by Gasteiger charge is 2.09. The van der Waals surface area contributed by atoms with Gasteiger partial charge in [-0.25, -0.2) is 0 Å². The molecule has 2 rings (SSSR count). The van der Waals surface area contributed by atoms with Crippen LogP contribution in [0.3, 0.4) is 0 Å². The van der Waals surface area contributed by atoms with Crippen LogP contribution in [0, 0.1) is 24.0 Å². The molecule has 0 radical (unpaired) electrons. The zero-order chi connectivity index (χ0) is 16.3. The molecule has 0 aliphatic rings. The number of hydrogen-bond donors (Lipinski definition) is 1. The first kappa shape index (κ1) is 15.4. The number of benzene rings is 1. The molecule has 0 spiro atoms. The fraction of sp³-hybridized carbons (Fsp3) is 0.200. The summed E-state index contributed by atoms with van der Waals surface area (Å²) in [5.41, 5.74) is 1.74. The van der Waals surface area contributed by atoms with Crippen LogP contribution < -0.4 is 10.7 Å². The lowest BCUT2D eigenvalue weighted by Gasteiger charge is -2.14. The average Bonchev–Trinajstić information content (AvgIpc) is 2.43. The second-order valence-electron chi connectivity index (χ2n) is 4.91. The number of non-ortho nitro benzene ring substituents is 1. The molecule has 22 heavy (non-hydrogen) atoms. The highest BCUT2D eigenvalue weighted by Crippen LogP contribution is 2.15. The Morgan fingerprint density at radius 1 is 1.18 bits per heavy atom. The molecule has 0 unspecified atom stereocenters. The largest absolute Gasteiger partial charge is 0.340 e. The molecule has 1 aromatic heterocycles.